The van der Waals surface area contributed by atoms with Crippen LogP contribution in [0.25, 0.3) is 11.5 Å². The standard InChI is InChI=1S/C16H19F6N7/c1-4-8(3)24-13-27-12(9-6-23-7-11(25-9)16(20,21)22)28-14(29-13)26-10(5-2)15(17,18)19/h6-8,10H,4-5H2,1-3H3,(H2,24,26,27,28,29)/t8-,10+/m1/s1. The highest BCUT2D eigenvalue weighted by Gasteiger charge is 2.39. The van der Waals surface area contributed by atoms with E-state index in [9.17, 15) is 26.3 Å². The zero-order valence-corrected chi connectivity index (χ0v) is 15.7. The Kier molecular flexibility index (Phi) is 6.80. The number of alkyl halides is 6. The van der Waals surface area contributed by atoms with Gasteiger partial charge in [-0.3, -0.25) is 4.98 Å². The number of halogens is 6. The molecule has 29 heavy (non-hydrogen) atoms. The smallest absolute Gasteiger partial charge is 0.352 e. The molecule has 2 rings (SSSR count). The highest BCUT2D eigenvalue weighted by atomic mass is 19.4. The summed E-state index contributed by atoms with van der Waals surface area (Å²) in [5.41, 5.74) is -1.62. The Bertz CT molecular complexity index is 824. The van der Waals surface area contributed by atoms with Gasteiger partial charge in [-0.2, -0.15) is 41.3 Å². The molecule has 0 saturated carbocycles. The van der Waals surface area contributed by atoms with Crippen LogP contribution in [0.5, 0.6) is 0 Å². The Labute approximate surface area is 162 Å². The molecule has 13 heteroatoms. The third-order valence-electron chi connectivity index (χ3n) is 3.88. The average Bonchev–Trinajstić information content (AvgIpc) is 2.64. The minimum Gasteiger partial charge on any atom is -0.352 e. The van der Waals surface area contributed by atoms with Crippen molar-refractivity contribution in [3.05, 3.63) is 18.1 Å². The molecular formula is C16H19F6N7. The lowest BCUT2D eigenvalue weighted by molar-refractivity contribution is -0.143. The molecule has 0 aromatic carbocycles. The lowest BCUT2D eigenvalue weighted by Crippen LogP contribution is -2.36. The van der Waals surface area contributed by atoms with E-state index in [0.717, 1.165) is 6.20 Å². The number of anilines is 2. The van der Waals surface area contributed by atoms with Crippen molar-refractivity contribution in [3.8, 4) is 11.5 Å². The minimum atomic E-state index is -4.75. The van der Waals surface area contributed by atoms with Crippen LogP contribution in [-0.2, 0) is 6.18 Å². The summed E-state index contributed by atoms with van der Waals surface area (Å²) in [4.78, 5) is 18.6. The first kappa shape index (κ1) is 22.6. The summed E-state index contributed by atoms with van der Waals surface area (Å²) in [5.74, 6) is -0.879. The van der Waals surface area contributed by atoms with Crippen molar-refractivity contribution in [3.63, 3.8) is 0 Å². The Morgan fingerprint density at radius 1 is 0.862 bits per heavy atom. The van der Waals surface area contributed by atoms with Gasteiger partial charge in [-0.05, 0) is 19.8 Å². The molecule has 0 spiro atoms. The summed E-state index contributed by atoms with van der Waals surface area (Å²) in [5, 5.41) is 5.02. The Morgan fingerprint density at radius 3 is 2.00 bits per heavy atom. The maximum absolute atomic E-state index is 13.1. The van der Waals surface area contributed by atoms with Gasteiger partial charge in [0.25, 0.3) is 0 Å². The largest absolute Gasteiger partial charge is 0.434 e. The number of hydrogen-bond donors (Lipinski definition) is 2. The summed E-state index contributed by atoms with van der Waals surface area (Å²) in [6.45, 7) is 4.96. The fourth-order valence-corrected chi connectivity index (χ4v) is 2.12. The van der Waals surface area contributed by atoms with E-state index in [2.05, 4.69) is 35.6 Å². The predicted molar refractivity (Wildman–Crippen MR) is 93.0 cm³/mol. The van der Waals surface area contributed by atoms with Gasteiger partial charge in [0, 0.05) is 6.04 Å². The van der Waals surface area contributed by atoms with E-state index in [-0.39, 0.29) is 29.9 Å². The Hall–Kier alpha value is -2.73. The summed E-state index contributed by atoms with van der Waals surface area (Å²) in [6, 6.07) is -2.09. The monoisotopic (exact) mass is 423 g/mol. The fraction of sp³-hybridized carbons (Fsp3) is 0.562. The third-order valence-corrected chi connectivity index (χ3v) is 3.88. The average molecular weight is 423 g/mol. The number of nitrogens with one attached hydrogen (secondary N) is 2. The van der Waals surface area contributed by atoms with Crippen molar-refractivity contribution in [2.24, 2.45) is 0 Å². The van der Waals surface area contributed by atoms with Gasteiger partial charge in [0.2, 0.25) is 11.9 Å². The molecule has 2 atom stereocenters. The van der Waals surface area contributed by atoms with E-state index in [1.165, 1.54) is 6.92 Å². The van der Waals surface area contributed by atoms with E-state index in [1.807, 2.05) is 6.92 Å². The van der Waals surface area contributed by atoms with Crippen molar-refractivity contribution in [2.45, 2.75) is 58.0 Å². The highest BCUT2D eigenvalue weighted by molar-refractivity contribution is 5.53. The summed E-state index contributed by atoms with van der Waals surface area (Å²) >= 11 is 0. The molecule has 2 N–H and O–H groups in total. The number of aromatic nitrogens is 5. The zero-order chi connectivity index (χ0) is 21.8. The maximum atomic E-state index is 13.1. The van der Waals surface area contributed by atoms with Gasteiger partial charge in [0.15, 0.2) is 11.5 Å². The van der Waals surface area contributed by atoms with Crippen LogP contribution in [0.3, 0.4) is 0 Å². The van der Waals surface area contributed by atoms with Gasteiger partial charge in [0.05, 0.1) is 12.4 Å². The lowest BCUT2D eigenvalue weighted by atomic mass is 10.2. The van der Waals surface area contributed by atoms with Crippen molar-refractivity contribution < 1.29 is 26.3 Å². The number of hydrogen-bond acceptors (Lipinski definition) is 7. The first-order valence-corrected chi connectivity index (χ1v) is 8.69. The molecule has 2 heterocycles. The minimum absolute atomic E-state index is 0.0944. The molecule has 0 aliphatic rings. The fourth-order valence-electron chi connectivity index (χ4n) is 2.12. The van der Waals surface area contributed by atoms with Crippen LogP contribution in [0.4, 0.5) is 38.2 Å². The predicted octanol–water partition coefficient (Wildman–Crippen LogP) is 4.31. The van der Waals surface area contributed by atoms with Gasteiger partial charge in [-0.15, -0.1) is 0 Å². The zero-order valence-electron chi connectivity index (χ0n) is 15.7. The molecule has 2 aromatic heterocycles. The second-order valence-corrected chi connectivity index (χ2v) is 6.19. The number of nitrogens with zero attached hydrogens (tertiary/aromatic N) is 5. The van der Waals surface area contributed by atoms with Gasteiger partial charge >= 0.3 is 12.4 Å². The van der Waals surface area contributed by atoms with Crippen LogP contribution >= 0.6 is 0 Å². The van der Waals surface area contributed by atoms with Crippen molar-refractivity contribution in [2.75, 3.05) is 10.6 Å². The molecule has 0 amide bonds. The van der Waals surface area contributed by atoms with Crippen LogP contribution in [0, 0.1) is 0 Å². The van der Waals surface area contributed by atoms with Crippen LogP contribution < -0.4 is 10.6 Å². The van der Waals surface area contributed by atoms with E-state index < -0.39 is 30.0 Å². The Balaban J connectivity index is 2.50. The molecule has 2 aromatic rings. The van der Waals surface area contributed by atoms with Crippen LogP contribution in [0.1, 0.15) is 39.3 Å². The van der Waals surface area contributed by atoms with Crippen molar-refractivity contribution >= 4 is 11.9 Å². The van der Waals surface area contributed by atoms with E-state index in [0.29, 0.717) is 12.6 Å². The molecule has 0 aliphatic heterocycles. The molecule has 0 radical (unpaired) electrons. The van der Waals surface area contributed by atoms with Gasteiger partial charge < -0.3 is 10.6 Å². The second-order valence-electron chi connectivity index (χ2n) is 6.19. The second kappa shape index (κ2) is 8.74. The summed E-state index contributed by atoms with van der Waals surface area (Å²) in [6.07, 6.45) is -7.46. The van der Waals surface area contributed by atoms with Gasteiger partial charge in [0.1, 0.15) is 11.7 Å². The van der Waals surface area contributed by atoms with E-state index in [1.54, 1.807) is 6.92 Å². The molecular weight excluding hydrogens is 404 g/mol. The molecule has 160 valence electrons. The normalized spacial score (nSPS) is 14.4. The molecule has 0 fully saturated rings. The third kappa shape index (κ3) is 6.12. The molecule has 0 saturated heterocycles. The summed E-state index contributed by atoms with van der Waals surface area (Å²) < 4.78 is 78.0. The lowest BCUT2D eigenvalue weighted by Gasteiger charge is -2.21. The highest BCUT2D eigenvalue weighted by Crippen LogP contribution is 2.29. The summed E-state index contributed by atoms with van der Waals surface area (Å²) in [7, 11) is 0. The van der Waals surface area contributed by atoms with E-state index in [4.69, 9.17) is 0 Å². The van der Waals surface area contributed by atoms with E-state index >= 15 is 0 Å². The SMILES string of the molecule is CC[C@@H](C)Nc1nc(N[C@@H](CC)C(F)(F)F)nc(-c2cncc(C(F)(F)F)n2)n1. The van der Waals surface area contributed by atoms with Crippen molar-refractivity contribution in [1.29, 1.82) is 0 Å². The quantitative estimate of drug-likeness (QED) is 0.642. The molecule has 7 nitrogen and oxygen atoms in total. The Morgan fingerprint density at radius 2 is 1.48 bits per heavy atom. The first-order valence-electron chi connectivity index (χ1n) is 8.69. The first-order chi connectivity index (χ1) is 13.4. The molecule has 0 aliphatic carbocycles. The van der Waals surface area contributed by atoms with Gasteiger partial charge in [-0.25, -0.2) is 4.98 Å². The van der Waals surface area contributed by atoms with Crippen LogP contribution in [0.15, 0.2) is 12.4 Å². The topological polar surface area (TPSA) is 88.5 Å². The van der Waals surface area contributed by atoms with Crippen LogP contribution in [0.2, 0.25) is 0 Å². The molecule has 0 unspecified atom stereocenters. The van der Waals surface area contributed by atoms with Crippen LogP contribution in [-0.4, -0.2) is 43.2 Å². The molecule has 0 bridgehead atoms. The maximum Gasteiger partial charge on any atom is 0.434 e. The van der Waals surface area contributed by atoms with Gasteiger partial charge in [-0.1, -0.05) is 13.8 Å². The number of rotatable bonds is 7. The van der Waals surface area contributed by atoms with Crippen molar-refractivity contribution in [1.82, 2.24) is 24.9 Å².